The fourth-order valence-electron chi connectivity index (χ4n) is 2.82. The average molecular weight is 293 g/mol. The fourth-order valence-corrected chi connectivity index (χ4v) is 2.82. The van der Waals surface area contributed by atoms with Crippen molar-refractivity contribution < 1.29 is 9.84 Å². The van der Waals surface area contributed by atoms with Gasteiger partial charge >= 0.3 is 0 Å². The number of aryl methyl sites for hydroxylation is 1. The number of hydrogen-bond acceptors (Lipinski definition) is 3. The molecule has 21 heavy (non-hydrogen) atoms. The molecule has 1 aromatic carbocycles. The Bertz CT molecular complexity index is 420. The molecule has 3 unspecified atom stereocenters. The van der Waals surface area contributed by atoms with Crippen molar-refractivity contribution in [2.45, 2.75) is 71.4 Å². The van der Waals surface area contributed by atoms with Gasteiger partial charge in [-0.05, 0) is 55.4 Å². The topological polar surface area (TPSA) is 55.5 Å². The minimum atomic E-state index is -0.434. The van der Waals surface area contributed by atoms with Gasteiger partial charge in [0.1, 0.15) is 5.75 Å². The molecule has 0 saturated heterocycles. The highest BCUT2D eigenvalue weighted by Crippen LogP contribution is 2.28. The van der Waals surface area contributed by atoms with Crippen molar-refractivity contribution in [1.82, 2.24) is 0 Å². The summed E-state index contributed by atoms with van der Waals surface area (Å²) in [5.74, 6) is 1.22. The molecule has 1 aromatic rings. The van der Waals surface area contributed by atoms with Crippen LogP contribution < -0.4 is 10.5 Å². The van der Waals surface area contributed by atoms with Crippen molar-refractivity contribution in [3.8, 4) is 5.75 Å². The van der Waals surface area contributed by atoms with E-state index in [1.54, 1.807) is 0 Å². The molecule has 0 amide bonds. The van der Waals surface area contributed by atoms with Gasteiger partial charge in [-0.25, -0.2) is 0 Å². The largest absolute Gasteiger partial charge is 0.494 e. The van der Waals surface area contributed by atoms with Crippen LogP contribution in [0.25, 0.3) is 0 Å². The van der Waals surface area contributed by atoms with Crippen LogP contribution in [0.3, 0.4) is 0 Å². The third-order valence-corrected chi connectivity index (χ3v) is 4.05. The van der Waals surface area contributed by atoms with Crippen LogP contribution in [0.1, 0.15) is 64.0 Å². The molecule has 0 bridgehead atoms. The van der Waals surface area contributed by atoms with E-state index in [2.05, 4.69) is 32.9 Å². The molecule has 3 nitrogen and oxygen atoms in total. The molecular weight excluding hydrogens is 262 g/mol. The Kier molecular flexibility index (Phi) is 7.76. The monoisotopic (exact) mass is 293 g/mol. The van der Waals surface area contributed by atoms with Crippen LogP contribution in [0.15, 0.2) is 18.2 Å². The van der Waals surface area contributed by atoms with Crippen LogP contribution in [0, 0.1) is 0 Å². The van der Waals surface area contributed by atoms with Gasteiger partial charge in [0.15, 0.2) is 0 Å². The van der Waals surface area contributed by atoms with E-state index in [9.17, 15) is 5.11 Å². The van der Waals surface area contributed by atoms with E-state index in [4.69, 9.17) is 10.5 Å². The first-order valence-electron chi connectivity index (χ1n) is 8.22. The number of benzene rings is 1. The maximum atomic E-state index is 10.2. The molecule has 0 aromatic heterocycles. The summed E-state index contributed by atoms with van der Waals surface area (Å²) in [4.78, 5) is 0. The lowest BCUT2D eigenvalue weighted by atomic mass is 9.88. The van der Waals surface area contributed by atoms with Crippen molar-refractivity contribution in [1.29, 1.82) is 0 Å². The lowest BCUT2D eigenvalue weighted by Gasteiger charge is -2.23. The Hall–Kier alpha value is -1.06. The molecule has 0 saturated carbocycles. The molecule has 0 radical (unpaired) electrons. The molecule has 3 heteroatoms. The highest BCUT2D eigenvalue weighted by atomic mass is 16.5. The molecule has 0 aliphatic rings. The highest BCUT2D eigenvalue weighted by Gasteiger charge is 2.19. The minimum Gasteiger partial charge on any atom is -0.494 e. The smallest absolute Gasteiger partial charge is 0.119 e. The molecule has 3 N–H and O–H groups in total. The number of aliphatic hydroxyl groups excluding tert-OH is 1. The lowest BCUT2D eigenvalue weighted by Crippen LogP contribution is -2.35. The van der Waals surface area contributed by atoms with E-state index in [1.807, 2.05) is 13.0 Å². The fraction of sp³-hybridized carbons (Fsp3) is 0.667. The van der Waals surface area contributed by atoms with Crippen LogP contribution in [0.5, 0.6) is 5.75 Å². The molecule has 3 atom stereocenters. The van der Waals surface area contributed by atoms with E-state index in [1.165, 1.54) is 11.1 Å². The third kappa shape index (κ3) is 5.33. The number of ether oxygens (including phenoxy) is 1. The van der Waals surface area contributed by atoms with Crippen LogP contribution in [-0.4, -0.2) is 23.9 Å². The number of hydrogen-bond donors (Lipinski definition) is 2. The Morgan fingerprint density at radius 1 is 1.24 bits per heavy atom. The summed E-state index contributed by atoms with van der Waals surface area (Å²) in [5.41, 5.74) is 8.61. The van der Waals surface area contributed by atoms with Crippen molar-refractivity contribution in [3.63, 3.8) is 0 Å². The molecule has 0 aliphatic carbocycles. The molecule has 0 spiro atoms. The molecule has 120 valence electrons. The second kappa shape index (κ2) is 9.06. The SMILES string of the molecule is CCCC(N)C(O)CC(C)c1ccc(OCC)cc1CC. The normalized spacial score (nSPS) is 15.5. The van der Waals surface area contributed by atoms with E-state index in [-0.39, 0.29) is 6.04 Å². The van der Waals surface area contributed by atoms with E-state index < -0.39 is 6.10 Å². The first-order chi connectivity index (χ1) is 10.0. The summed E-state index contributed by atoms with van der Waals surface area (Å²) in [6, 6.07) is 6.15. The molecule has 0 heterocycles. The van der Waals surface area contributed by atoms with E-state index >= 15 is 0 Å². The summed E-state index contributed by atoms with van der Waals surface area (Å²) in [5, 5.41) is 10.2. The Labute approximate surface area is 129 Å². The Balaban J connectivity index is 2.79. The lowest BCUT2D eigenvalue weighted by molar-refractivity contribution is 0.124. The van der Waals surface area contributed by atoms with Crippen molar-refractivity contribution in [3.05, 3.63) is 29.3 Å². The van der Waals surface area contributed by atoms with Crippen LogP contribution in [0.4, 0.5) is 0 Å². The van der Waals surface area contributed by atoms with Gasteiger partial charge in [0.05, 0.1) is 12.7 Å². The zero-order chi connectivity index (χ0) is 15.8. The molecule has 1 rings (SSSR count). The third-order valence-electron chi connectivity index (χ3n) is 4.05. The van der Waals surface area contributed by atoms with Gasteiger partial charge < -0.3 is 15.6 Å². The zero-order valence-electron chi connectivity index (χ0n) is 13.9. The summed E-state index contributed by atoms with van der Waals surface area (Å²) in [6.07, 6.45) is 3.13. The number of aliphatic hydroxyl groups is 1. The summed E-state index contributed by atoms with van der Waals surface area (Å²) in [7, 11) is 0. The summed E-state index contributed by atoms with van der Waals surface area (Å²) in [6.45, 7) is 9.09. The van der Waals surface area contributed by atoms with Crippen LogP contribution in [0.2, 0.25) is 0 Å². The van der Waals surface area contributed by atoms with Crippen molar-refractivity contribution in [2.75, 3.05) is 6.61 Å². The Morgan fingerprint density at radius 3 is 2.52 bits per heavy atom. The van der Waals surface area contributed by atoms with Crippen molar-refractivity contribution >= 4 is 0 Å². The molecular formula is C18H31NO2. The highest BCUT2D eigenvalue weighted by molar-refractivity contribution is 5.37. The maximum absolute atomic E-state index is 10.2. The zero-order valence-corrected chi connectivity index (χ0v) is 13.9. The standard InChI is InChI=1S/C18H31NO2/c1-5-8-17(19)18(20)11-13(4)16-10-9-15(21-7-3)12-14(16)6-2/h9-10,12-13,17-18,20H,5-8,11,19H2,1-4H3. The first-order valence-corrected chi connectivity index (χ1v) is 8.22. The summed E-state index contributed by atoms with van der Waals surface area (Å²) >= 11 is 0. The second-order valence-electron chi connectivity index (χ2n) is 5.80. The van der Waals surface area contributed by atoms with Gasteiger partial charge in [0.2, 0.25) is 0 Å². The van der Waals surface area contributed by atoms with Gasteiger partial charge in [-0.1, -0.05) is 33.3 Å². The second-order valence-corrected chi connectivity index (χ2v) is 5.80. The van der Waals surface area contributed by atoms with Gasteiger partial charge in [0, 0.05) is 6.04 Å². The predicted molar refractivity (Wildman–Crippen MR) is 88.9 cm³/mol. The quantitative estimate of drug-likeness (QED) is 0.731. The Morgan fingerprint density at radius 2 is 1.95 bits per heavy atom. The van der Waals surface area contributed by atoms with E-state index in [0.29, 0.717) is 18.9 Å². The first kappa shape index (κ1) is 18.0. The summed E-state index contributed by atoms with van der Waals surface area (Å²) < 4.78 is 5.56. The molecule has 0 aliphatic heterocycles. The number of nitrogens with two attached hydrogens (primary N) is 1. The van der Waals surface area contributed by atoms with Gasteiger partial charge in [-0.2, -0.15) is 0 Å². The maximum Gasteiger partial charge on any atom is 0.119 e. The van der Waals surface area contributed by atoms with Gasteiger partial charge in [-0.3, -0.25) is 0 Å². The van der Waals surface area contributed by atoms with Crippen LogP contribution in [-0.2, 0) is 6.42 Å². The average Bonchev–Trinajstić information content (AvgIpc) is 2.47. The predicted octanol–water partition coefficient (Wildman–Crippen LogP) is 3.63. The van der Waals surface area contributed by atoms with E-state index in [0.717, 1.165) is 25.0 Å². The number of rotatable bonds is 9. The van der Waals surface area contributed by atoms with Crippen LogP contribution >= 0.6 is 0 Å². The van der Waals surface area contributed by atoms with Gasteiger partial charge in [0.25, 0.3) is 0 Å². The van der Waals surface area contributed by atoms with Crippen molar-refractivity contribution in [2.24, 2.45) is 5.73 Å². The van der Waals surface area contributed by atoms with Gasteiger partial charge in [-0.15, -0.1) is 0 Å². The molecule has 0 fully saturated rings. The minimum absolute atomic E-state index is 0.120.